The second kappa shape index (κ2) is 16.3. The molecule has 0 saturated heterocycles. The average Bonchev–Trinajstić information content (AvgIpc) is 3.72. The van der Waals surface area contributed by atoms with Crippen molar-refractivity contribution in [1.29, 1.82) is 0 Å². The summed E-state index contributed by atoms with van der Waals surface area (Å²) in [6, 6.07) is 74.9. The molecule has 0 fully saturated rings. The van der Waals surface area contributed by atoms with Gasteiger partial charge in [-0.1, -0.05) is 183 Å². The largest absolute Gasteiger partial charge is 0.309 e. The Morgan fingerprint density at radius 3 is 1.68 bits per heavy atom. The maximum atomic E-state index is 5.28. The minimum absolute atomic E-state index is 0.858. The van der Waals surface area contributed by atoms with Crippen molar-refractivity contribution >= 4 is 60.5 Å². The molecule has 0 aliphatic carbocycles. The Hall–Kier alpha value is -8.40. The topological polar surface area (TPSA) is 30.7 Å². The van der Waals surface area contributed by atoms with Crippen LogP contribution in [0.15, 0.2) is 219 Å². The van der Waals surface area contributed by atoms with Gasteiger partial charge in [-0.3, -0.25) is 4.98 Å². The van der Waals surface area contributed by atoms with Crippen molar-refractivity contribution < 1.29 is 0 Å². The van der Waals surface area contributed by atoms with Crippen LogP contribution in [0.1, 0.15) is 25.0 Å². The number of hydrogen-bond acceptors (Lipinski definition) is 2. The van der Waals surface area contributed by atoms with Gasteiger partial charge in [-0.15, -0.1) is 0 Å². The summed E-state index contributed by atoms with van der Waals surface area (Å²) in [5, 5.41) is 7.11. The monoisotopic (exact) mass is 843 g/mol. The first kappa shape index (κ1) is 39.2. The fourth-order valence-corrected chi connectivity index (χ4v) is 10.1. The Bertz CT molecular complexity index is 3840. The lowest BCUT2D eigenvalue weighted by Crippen LogP contribution is -1.94. The van der Waals surface area contributed by atoms with Gasteiger partial charge in [-0.05, 0) is 122 Å². The van der Waals surface area contributed by atoms with E-state index in [1.165, 1.54) is 66.0 Å². The highest BCUT2D eigenvalue weighted by Crippen LogP contribution is 2.39. The van der Waals surface area contributed by atoms with Crippen LogP contribution in [0.25, 0.3) is 122 Å². The lowest BCUT2D eigenvalue weighted by molar-refractivity contribution is 1.13. The molecule has 0 atom stereocenters. The third kappa shape index (κ3) is 6.67. The average molecular weight is 844 g/mol. The van der Waals surface area contributed by atoms with Gasteiger partial charge in [0.1, 0.15) is 0 Å². The molecular formula is C63H45N3. The third-order valence-electron chi connectivity index (χ3n) is 13.3. The van der Waals surface area contributed by atoms with Gasteiger partial charge in [-0.2, -0.15) is 0 Å². The molecule has 2 aromatic heterocycles. The van der Waals surface area contributed by atoms with Gasteiger partial charge >= 0.3 is 0 Å². The number of rotatable bonds is 8. The lowest BCUT2D eigenvalue weighted by atomic mass is 9.92. The number of benzene rings is 10. The van der Waals surface area contributed by atoms with Crippen molar-refractivity contribution in [2.45, 2.75) is 20.3 Å². The first-order valence-electron chi connectivity index (χ1n) is 22.9. The molecule has 12 aromatic rings. The van der Waals surface area contributed by atoms with Crippen LogP contribution in [0.2, 0.25) is 0 Å². The molecule has 3 nitrogen and oxygen atoms in total. The second-order valence-corrected chi connectivity index (χ2v) is 17.1. The number of nitrogens with zero attached hydrogens (tertiary/aromatic N) is 3. The smallest absolute Gasteiger partial charge is 0.0979 e. The second-order valence-electron chi connectivity index (χ2n) is 17.1. The molecule has 0 unspecified atom stereocenters. The maximum Gasteiger partial charge on any atom is 0.0979 e. The zero-order chi connectivity index (χ0) is 44.1. The molecule has 0 radical (unpaired) electrons. The fraction of sp³-hybridized carbons (Fsp3) is 0.0476. The predicted octanol–water partition coefficient (Wildman–Crippen LogP) is 17.0. The molecule has 2 heterocycles. The standard InChI is InChI=1S/C63H45N3/c1-3-15-51-41(4-2)16-14-28-52(51)43-32-30-42(31-33-43)48-34-35-61-58(39-48)55-25-9-10-29-60(55)66(61)50-22-13-20-47(38-50)45-18-11-17-44(36-45)46-19-12-21-49(37-46)59-40-64-62-56-26-7-5-23-53(56)54-24-6-8-27-57(54)63(62)65-59/h3,5-40H,4H2,1-2H3/b15-3-. The highest BCUT2D eigenvalue weighted by molar-refractivity contribution is 6.23. The quantitative estimate of drug-likeness (QED) is 0.143. The van der Waals surface area contributed by atoms with Crippen LogP contribution in [0.3, 0.4) is 0 Å². The van der Waals surface area contributed by atoms with Crippen LogP contribution in [-0.4, -0.2) is 14.5 Å². The molecule has 0 amide bonds. The molecule has 0 N–H and O–H groups in total. The van der Waals surface area contributed by atoms with Crippen molar-refractivity contribution in [3.63, 3.8) is 0 Å². The Labute approximate surface area is 384 Å². The maximum absolute atomic E-state index is 5.28. The number of allylic oxidation sites excluding steroid dienone is 1. The Balaban J connectivity index is 0.879. The normalized spacial score (nSPS) is 11.8. The molecule has 0 spiro atoms. The molecule has 66 heavy (non-hydrogen) atoms. The molecule has 0 aliphatic rings. The Kier molecular flexibility index (Phi) is 9.69. The van der Waals surface area contributed by atoms with Crippen LogP contribution in [0.4, 0.5) is 0 Å². The zero-order valence-electron chi connectivity index (χ0n) is 36.9. The van der Waals surface area contributed by atoms with Gasteiger partial charge in [0.05, 0.1) is 34.0 Å². The number of hydrogen-bond donors (Lipinski definition) is 0. The van der Waals surface area contributed by atoms with Crippen molar-refractivity contribution in [3.8, 4) is 61.5 Å². The van der Waals surface area contributed by atoms with Gasteiger partial charge in [-0.25, -0.2) is 4.98 Å². The van der Waals surface area contributed by atoms with E-state index >= 15 is 0 Å². The molecule has 10 aromatic carbocycles. The van der Waals surface area contributed by atoms with Gasteiger partial charge in [0, 0.05) is 32.8 Å². The zero-order valence-corrected chi connectivity index (χ0v) is 36.9. The summed E-state index contributed by atoms with van der Waals surface area (Å²) in [5.41, 5.74) is 19.5. The number of aromatic nitrogens is 3. The summed E-state index contributed by atoms with van der Waals surface area (Å²) in [6.07, 6.45) is 7.31. The first-order valence-corrected chi connectivity index (χ1v) is 22.9. The summed E-state index contributed by atoms with van der Waals surface area (Å²) in [6.45, 7) is 4.32. The van der Waals surface area contributed by atoms with Gasteiger partial charge in [0.25, 0.3) is 0 Å². The van der Waals surface area contributed by atoms with Crippen LogP contribution < -0.4 is 0 Å². The molecular weight excluding hydrogens is 799 g/mol. The van der Waals surface area contributed by atoms with Crippen molar-refractivity contribution in [3.05, 3.63) is 230 Å². The van der Waals surface area contributed by atoms with E-state index in [9.17, 15) is 0 Å². The summed E-state index contributed by atoms with van der Waals surface area (Å²) >= 11 is 0. The minimum Gasteiger partial charge on any atom is -0.309 e. The minimum atomic E-state index is 0.858. The molecule has 0 bridgehead atoms. The molecule has 0 saturated carbocycles. The van der Waals surface area contributed by atoms with Crippen LogP contribution in [0.5, 0.6) is 0 Å². The molecule has 3 heteroatoms. The highest BCUT2D eigenvalue weighted by atomic mass is 15.0. The molecule has 312 valence electrons. The van der Waals surface area contributed by atoms with Crippen LogP contribution in [-0.2, 0) is 6.42 Å². The van der Waals surface area contributed by atoms with Gasteiger partial charge < -0.3 is 4.57 Å². The summed E-state index contributed by atoms with van der Waals surface area (Å²) in [7, 11) is 0. The Morgan fingerprint density at radius 1 is 0.424 bits per heavy atom. The van der Waals surface area contributed by atoms with Gasteiger partial charge in [0.15, 0.2) is 0 Å². The summed E-state index contributed by atoms with van der Waals surface area (Å²) in [5.74, 6) is 0. The van der Waals surface area contributed by atoms with E-state index in [-0.39, 0.29) is 0 Å². The van der Waals surface area contributed by atoms with E-state index < -0.39 is 0 Å². The van der Waals surface area contributed by atoms with E-state index in [1.54, 1.807) is 0 Å². The van der Waals surface area contributed by atoms with Crippen molar-refractivity contribution in [2.75, 3.05) is 0 Å². The predicted molar refractivity (Wildman–Crippen MR) is 280 cm³/mol. The molecule has 0 aliphatic heterocycles. The van der Waals surface area contributed by atoms with E-state index in [1.807, 2.05) is 6.20 Å². The highest BCUT2D eigenvalue weighted by Gasteiger charge is 2.16. The number of fused-ring (bicyclic) bond motifs is 9. The van der Waals surface area contributed by atoms with Crippen molar-refractivity contribution in [2.24, 2.45) is 0 Å². The van der Waals surface area contributed by atoms with Gasteiger partial charge in [0.2, 0.25) is 0 Å². The van der Waals surface area contributed by atoms with E-state index in [0.717, 1.165) is 67.4 Å². The Morgan fingerprint density at radius 2 is 0.970 bits per heavy atom. The van der Waals surface area contributed by atoms with Crippen LogP contribution >= 0.6 is 0 Å². The third-order valence-corrected chi connectivity index (χ3v) is 13.3. The summed E-state index contributed by atoms with van der Waals surface area (Å²) < 4.78 is 2.41. The van der Waals surface area contributed by atoms with Crippen molar-refractivity contribution in [1.82, 2.24) is 14.5 Å². The fourth-order valence-electron chi connectivity index (χ4n) is 10.1. The van der Waals surface area contributed by atoms with Crippen LogP contribution in [0, 0.1) is 0 Å². The first-order chi connectivity index (χ1) is 32.6. The van der Waals surface area contributed by atoms with E-state index in [2.05, 4.69) is 237 Å². The summed E-state index contributed by atoms with van der Waals surface area (Å²) in [4.78, 5) is 10.3. The van der Waals surface area contributed by atoms with E-state index in [4.69, 9.17) is 9.97 Å². The SMILES string of the molecule is C/C=C\c1c(CC)cccc1-c1ccc(-c2ccc3c(c2)c2ccccc2n3-c2cccc(-c3cccc(-c4cccc(-c5cnc6c7ccccc7c7ccccc7c6n5)c4)c3)c2)cc1. The van der Waals surface area contributed by atoms with E-state index in [0.29, 0.717) is 0 Å². The number of para-hydroxylation sites is 1. The lowest BCUT2D eigenvalue weighted by Gasteiger charge is -2.13. The molecule has 12 rings (SSSR count). The number of aryl methyl sites for hydroxylation is 1.